The molecule has 0 heterocycles. The van der Waals surface area contributed by atoms with Crippen molar-refractivity contribution in [2.45, 2.75) is 32.9 Å². The number of aliphatic hydroxyl groups is 1. The van der Waals surface area contributed by atoms with E-state index < -0.39 is 0 Å². The van der Waals surface area contributed by atoms with Crippen LogP contribution in [-0.4, -0.2) is 48.3 Å². The van der Waals surface area contributed by atoms with E-state index in [-0.39, 0.29) is 12.1 Å². The van der Waals surface area contributed by atoms with E-state index in [4.69, 9.17) is 0 Å². The molecule has 0 radical (unpaired) electrons. The highest BCUT2D eigenvalue weighted by Gasteiger charge is 2.08. The molecule has 0 bridgehead atoms. The Hall–Kier alpha value is -0.380. The first-order chi connectivity index (χ1) is 6.63. The maximum atomic E-state index is 9.69. The number of nitrogens with one attached hydrogen (secondary N) is 1. The van der Waals surface area contributed by atoms with Crippen molar-refractivity contribution in [2.75, 3.05) is 26.2 Å². The lowest BCUT2D eigenvalue weighted by atomic mass is 10.2. The Balaban J connectivity index is 3.62. The van der Waals surface area contributed by atoms with Crippen molar-refractivity contribution < 1.29 is 5.11 Å². The van der Waals surface area contributed by atoms with Crippen LogP contribution in [0.5, 0.6) is 0 Å². The molecule has 0 rings (SSSR count). The fraction of sp³-hybridized carbons (Fsp3) is 0.818. The summed E-state index contributed by atoms with van der Waals surface area (Å²) in [6, 6.07) is 0.265. The van der Waals surface area contributed by atoms with Gasteiger partial charge in [0.25, 0.3) is 0 Å². The Labute approximate surface area is 87.8 Å². The lowest BCUT2D eigenvalue weighted by Gasteiger charge is -2.22. The van der Waals surface area contributed by atoms with Crippen LogP contribution in [0.25, 0.3) is 0 Å². The second-order valence-electron chi connectivity index (χ2n) is 3.57. The van der Waals surface area contributed by atoms with Crippen LogP contribution in [0.3, 0.4) is 0 Å². The number of aliphatic hydroxyl groups excluding tert-OH is 1. The van der Waals surface area contributed by atoms with E-state index in [1.165, 1.54) is 0 Å². The molecule has 0 aliphatic heterocycles. The predicted molar refractivity (Wildman–Crippen MR) is 61.5 cm³/mol. The van der Waals surface area contributed by atoms with Crippen molar-refractivity contribution in [2.24, 2.45) is 0 Å². The van der Waals surface area contributed by atoms with Crippen LogP contribution in [0.1, 0.15) is 20.8 Å². The van der Waals surface area contributed by atoms with Gasteiger partial charge in [0.15, 0.2) is 0 Å². The fourth-order valence-electron chi connectivity index (χ4n) is 1.25. The maximum absolute atomic E-state index is 9.69. The van der Waals surface area contributed by atoms with Gasteiger partial charge in [-0.15, -0.1) is 6.58 Å². The fourth-order valence-corrected chi connectivity index (χ4v) is 1.25. The summed E-state index contributed by atoms with van der Waals surface area (Å²) < 4.78 is 0. The molecule has 0 saturated carbocycles. The minimum atomic E-state index is -0.294. The summed E-state index contributed by atoms with van der Waals surface area (Å²) in [7, 11) is 0. The van der Waals surface area contributed by atoms with E-state index in [0.717, 1.165) is 19.6 Å². The third-order valence-electron chi connectivity index (χ3n) is 2.39. The number of rotatable bonds is 8. The van der Waals surface area contributed by atoms with Crippen molar-refractivity contribution in [3.8, 4) is 0 Å². The summed E-state index contributed by atoms with van der Waals surface area (Å²) in [5, 5.41) is 12.9. The molecule has 0 amide bonds. The average molecular weight is 200 g/mol. The summed E-state index contributed by atoms with van der Waals surface area (Å²) >= 11 is 0. The minimum absolute atomic E-state index is 0.265. The number of nitrogens with zero attached hydrogens (tertiary/aromatic N) is 1. The molecule has 0 spiro atoms. The number of hydrogen-bond donors (Lipinski definition) is 2. The van der Waals surface area contributed by atoms with E-state index in [2.05, 4.69) is 30.6 Å². The molecule has 0 saturated heterocycles. The van der Waals surface area contributed by atoms with Crippen LogP contribution < -0.4 is 5.32 Å². The van der Waals surface area contributed by atoms with E-state index >= 15 is 0 Å². The second kappa shape index (κ2) is 7.97. The standard InChI is InChI=1S/C11H24N2O/c1-5-10(4)12-8-11(14)9-13(6-2)7-3/h5,10-12,14H,1,6-9H2,2-4H3. The van der Waals surface area contributed by atoms with Gasteiger partial charge >= 0.3 is 0 Å². The van der Waals surface area contributed by atoms with Crippen LogP contribution in [0.4, 0.5) is 0 Å². The zero-order valence-corrected chi connectivity index (χ0v) is 9.66. The largest absolute Gasteiger partial charge is 0.390 e. The van der Waals surface area contributed by atoms with E-state index in [0.29, 0.717) is 6.54 Å². The molecule has 0 aromatic rings. The molecule has 0 fully saturated rings. The SMILES string of the molecule is C=CC(C)NCC(O)CN(CC)CC. The summed E-state index contributed by atoms with van der Waals surface area (Å²) in [4.78, 5) is 2.21. The average Bonchev–Trinajstić information content (AvgIpc) is 2.22. The molecular weight excluding hydrogens is 176 g/mol. The van der Waals surface area contributed by atoms with Gasteiger partial charge in [-0.05, 0) is 20.0 Å². The Morgan fingerprint density at radius 1 is 1.43 bits per heavy atom. The highest BCUT2D eigenvalue weighted by Crippen LogP contribution is 1.92. The first-order valence-corrected chi connectivity index (χ1v) is 5.40. The molecule has 2 unspecified atom stereocenters. The van der Waals surface area contributed by atoms with Gasteiger partial charge in [-0.2, -0.15) is 0 Å². The monoisotopic (exact) mass is 200 g/mol. The smallest absolute Gasteiger partial charge is 0.0791 e. The highest BCUT2D eigenvalue weighted by molar-refractivity contribution is 4.82. The maximum Gasteiger partial charge on any atom is 0.0791 e. The molecule has 84 valence electrons. The number of likely N-dealkylation sites (N-methyl/N-ethyl adjacent to an activating group) is 1. The Morgan fingerprint density at radius 3 is 2.43 bits per heavy atom. The summed E-state index contributed by atoms with van der Waals surface area (Å²) in [5.74, 6) is 0. The van der Waals surface area contributed by atoms with Gasteiger partial charge in [0.1, 0.15) is 0 Å². The second-order valence-corrected chi connectivity index (χ2v) is 3.57. The Morgan fingerprint density at radius 2 is 2.00 bits per heavy atom. The quantitative estimate of drug-likeness (QED) is 0.570. The highest BCUT2D eigenvalue weighted by atomic mass is 16.3. The molecule has 3 heteroatoms. The predicted octanol–water partition coefficient (Wildman–Crippen LogP) is 0.853. The van der Waals surface area contributed by atoms with Crippen molar-refractivity contribution in [1.82, 2.24) is 10.2 Å². The molecule has 0 aromatic heterocycles. The first kappa shape index (κ1) is 13.6. The molecule has 2 N–H and O–H groups in total. The zero-order chi connectivity index (χ0) is 11.0. The molecule has 0 aliphatic carbocycles. The van der Waals surface area contributed by atoms with Crippen molar-refractivity contribution >= 4 is 0 Å². The normalized spacial score (nSPS) is 15.5. The van der Waals surface area contributed by atoms with E-state index in [9.17, 15) is 5.11 Å². The van der Waals surface area contributed by atoms with Crippen LogP contribution in [0, 0.1) is 0 Å². The van der Waals surface area contributed by atoms with Crippen LogP contribution in [0.15, 0.2) is 12.7 Å². The van der Waals surface area contributed by atoms with E-state index in [1.54, 1.807) is 0 Å². The molecule has 14 heavy (non-hydrogen) atoms. The molecular formula is C11H24N2O. The van der Waals surface area contributed by atoms with E-state index in [1.807, 2.05) is 13.0 Å². The summed E-state index contributed by atoms with van der Waals surface area (Å²) in [5.41, 5.74) is 0. The van der Waals surface area contributed by atoms with Gasteiger partial charge in [-0.25, -0.2) is 0 Å². The van der Waals surface area contributed by atoms with Gasteiger partial charge in [-0.3, -0.25) is 0 Å². The van der Waals surface area contributed by atoms with Crippen molar-refractivity contribution in [1.29, 1.82) is 0 Å². The summed E-state index contributed by atoms with van der Waals surface area (Å²) in [6.07, 6.45) is 1.54. The van der Waals surface area contributed by atoms with Crippen LogP contribution in [-0.2, 0) is 0 Å². The third-order valence-corrected chi connectivity index (χ3v) is 2.39. The van der Waals surface area contributed by atoms with Crippen LogP contribution in [0.2, 0.25) is 0 Å². The van der Waals surface area contributed by atoms with Gasteiger partial charge in [-0.1, -0.05) is 19.9 Å². The first-order valence-electron chi connectivity index (χ1n) is 5.40. The Bertz CT molecular complexity index is 146. The van der Waals surface area contributed by atoms with Gasteiger partial charge in [0.05, 0.1) is 6.10 Å². The van der Waals surface area contributed by atoms with Crippen LogP contribution >= 0.6 is 0 Å². The molecule has 0 aliphatic rings. The third kappa shape index (κ3) is 6.13. The van der Waals surface area contributed by atoms with Crippen molar-refractivity contribution in [3.63, 3.8) is 0 Å². The molecule has 0 aromatic carbocycles. The number of hydrogen-bond acceptors (Lipinski definition) is 3. The lowest BCUT2D eigenvalue weighted by Crippen LogP contribution is -2.40. The van der Waals surface area contributed by atoms with Gasteiger partial charge < -0.3 is 15.3 Å². The lowest BCUT2D eigenvalue weighted by molar-refractivity contribution is 0.116. The summed E-state index contributed by atoms with van der Waals surface area (Å²) in [6.45, 7) is 13.3. The minimum Gasteiger partial charge on any atom is -0.390 e. The topological polar surface area (TPSA) is 35.5 Å². The molecule has 3 nitrogen and oxygen atoms in total. The van der Waals surface area contributed by atoms with Gasteiger partial charge in [0, 0.05) is 19.1 Å². The van der Waals surface area contributed by atoms with Gasteiger partial charge in [0.2, 0.25) is 0 Å². The van der Waals surface area contributed by atoms with Crippen molar-refractivity contribution in [3.05, 3.63) is 12.7 Å². The Kier molecular flexibility index (Phi) is 7.76. The zero-order valence-electron chi connectivity index (χ0n) is 9.66. The molecule has 2 atom stereocenters.